The van der Waals surface area contributed by atoms with Crippen molar-refractivity contribution in [2.45, 2.75) is 25.3 Å². The molecule has 4 N–H and O–H groups in total. The van der Waals surface area contributed by atoms with Crippen molar-refractivity contribution in [3.63, 3.8) is 0 Å². The zero-order valence-corrected chi connectivity index (χ0v) is 13.8. The smallest absolute Gasteiger partial charge is 0.224 e. The average Bonchev–Trinajstić information content (AvgIpc) is 2.59. The van der Waals surface area contributed by atoms with E-state index in [4.69, 9.17) is 5.11 Å². The molecule has 0 fully saturated rings. The molecule has 0 saturated heterocycles. The van der Waals surface area contributed by atoms with E-state index in [9.17, 15) is 14.7 Å². The molecular weight excluding hydrogens is 308 g/mol. The minimum Gasteiger partial charge on any atom is -0.395 e. The summed E-state index contributed by atoms with van der Waals surface area (Å²) in [7, 11) is 0. The Kier molecular flexibility index (Phi) is 9.41. The van der Waals surface area contributed by atoms with Gasteiger partial charge in [-0.25, -0.2) is 0 Å². The van der Waals surface area contributed by atoms with Crippen molar-refractivity contribution >= 4 is 11.8 Å². The van der Waals surface area contributed by atoms with Crippen molar-refractivity contribution in [2.75, 3.05) is 19.8 Å². The fraction of sp³-hybridized carbons (Fsp3) is 0.444. The normalized spacial score (nSPS) is 12.9. The maximum atomic E-state index is 12.2. The second-order valence-electron chi connectivity index (χ2n) is 5.58. The van der Waals surface area contributed by atoms with E-state index in [-0.39, 0.29) is 38.0 Å². The summed E-state index contributed by atoms with van der Waals surface area (Å²) in [5, 5.41) is 23.5. The minimum atomic E-state index is -0.537. The van der Waals surface area contributed by atoms with Crippen molar-refractivity contribution in [1.29, 1.82) is 0 Å². The molecule has 2 amide bonds. The van der Waals surface area contributed by atoms with E-state index in [0.717, 1.165) is 5.56 Å². The van der Waals surface area contributed by atoms with Crippen LogP contribution in [0.15, 0.2) is 43.0 Å². The van der Waals surface area contributed by atoms with Gasteiger partial charge in [-0.05, 0) is 18.4 Å². The van der Waals surface area contributed by atoms with E-state index in [0.29, 0.717) is 12.8 Å². The van der Waals surface area contributed by atoms with Gasteiger partial charge in [-0.2, -0.15) is 0 Å². The molecule has 2 unspecified atom stereocenters. The Morgan fingerprint density at radius 3 is 2.50 bits per heavy atom. The lowest BCUT2D eigenvalue weighted by atomic mass is 9.99. The molecule has 0 heterocycles. The number of nitrogens with one attached hydrogen (secondary N) is 2. The summed E-state index contributed by atoms with van der Waals surface area (Å²) in [6, 6.07) is 9.16. The van der Waals surface area contributed by atoms with E-state index >= 15 is 0 Å². The number of carbonyl (C=O) groups is 2. The summed E-state index contributed by atoms with van der Waals surface area (Å²) in [5.74, 6) is -1.12. The molecule has 0 saturated carbocycles. The highest BCUT2D eigenvalue weighted by Gasteiger charge is 2.22. The number of benzene rings is 1. The summed E-state index contributed by atoms with van der Waals surface area (Å²) >= 11 is 0. The van der Waals surface area contributed by atoms with Crippen molar-refractivity contribution < 1.29 is 19.8 Å². The molecule has 0 aliphatic carbocycles. The Hall–Kier alpha value is -2.18. The van der Waals surface area contributed by atoms with Crippen LogP contribution in [0.3, 0.4) is 0 Å². The number of rotatable bonds is 11. The molecule has 0 aliphatic heterocycles. The summed E-state index contributed by atoms with van der Waals surface area (Å²) in [5.41, 5.74) is 1.01. The monoisotopic (exact) mass is 334 g/mol. The number of amides is 2. The summed E-state index contributed by atoms with van der Waals surface area (Å²) in [6.45, 7) is 3.43. The zero-order valence-electron chi connectivity index (χ0n) is 13.8. The first-order valence-electron chi connectivity index (χ1n) is 8.04. The van der Waals surface area contributed by atoms with Crippen LogP contribution in [0.2, 0.25) is 0 Å². The molecule has 24 heavy (non-hydrogen) atoms. The Morgan fingerprint density at radius 2 is 1.92 bits per heavy atom. The Balaban J connectivity index is 2.56. The molecule has 0 aliphatic rings. The largest absolute Gasteiger partial charge is 0.395 e. The molecule has 0 radical (unpaired) electrons. The lowest BCUT2D eigenvalue weighted by molar-refractivity contribution is -0.130. The summed E-state index contributed by atoms with van der Waals surface area (Å²) < 4.78 is 0. The first-order valence-corrected chi connectivity index (χ1v) is 8.04. The quantitative estimate of drug-likeness (QED) is 0.440. The molecule has 6 heteroatoms. The fourth-order valence-corrected chi connectivity index (χ4v) is 2.38. The number of aliphatic hydroxyl groups is 2. The third-order valence-electron chi connectivity index (χ3n) is 3.58. The number of aliphatic hydroxyl groups excluding tert-OH is 2. The minimum absolute atomic E-state index is 0.00850. The topological polar surface area (TPSA) is 98.7 Å². The van der Waals surface area contributed by atoms with Gasteiger partial charge >= 0.3 is 0 Å². The van der Waals surface area contributed by atoms with Crippen molar-refractivity contribution in [1.82, 2.24) is 10.6 Å². The van der Waals surface area contributed by atoms with Crippen molar-refractivity contribution in [3.8, 4) is 0 Å². The molecule has 1 aromatic carbocycles. The van der Waals surface area contributed by atoms with E-state index < -0.39 is 12.0 Å². The first kappa shape index (κ1) is 19.9. The molecule has 132 valence electrons. The zero-order chi connectivity index (χ0) is 17.8. The SMILES string of the molecule is C=CCC(CC(=O)NC(CO)Cc1ccccc1)C(=O)NCCO. The second-order valence-corrected chi connectivity index (χ2v) is 5.58. The number of hydrogen-bond acceptors (Lipinski definition) is 4. The third kappa shape index (κ3) is 7.39. The first-order chi connectivity index (χ1) is 11.6. The van der Waals surface area contributed by atoms with Crippen LogP contribution in [0.1, 0.15) is 18.4 Å². The highest BCUT2D eigenvalue weighted by molar-refractivity contribution is 5.86. The molecule has 0 spiro atoms. The average molecular weight is 334 g/mol. The fourth-order valence-electron chi connectivity index (χ4n) is 2.38. The predicted octanol–water partition coefficient (Wildman–Crippen LogP) is 0.397. The lowest BCUT2D eigenvalue weighted by Crippen LogP contribution is -2.42. The van der Waals surface area contributed by atoms with Crippen LogP contribution in [0, 0.1) is 5.92 Å². The standard InChI is InChI=1S/C18H26N2O4/c1-2-6-15(18(24)19-9-10-21)12-17(23)20-16(13-22)11-14-7-4-3-5-8-14/h2-5,7-8,15-16,21-22H,1,6,9-13H2,(H,19,24)(H,20,23). The maximum absolute atomic E-state index is 12.2. The molecular formula is C18H26N2O4. The number of carbonyl (C=O) groups excluding carboxylic acids is 2. The van der Waals surface area contributed by atoms with Gasteiger partial charge < -0.3 is 20.8 Å². The van der Waals surface area contributed by atoms with E-state index in [1.807, 2.05) is 30.3 Å². The Bertz CT molecular complexity index is 519. The van der Waals surface area contributed by atoms with E-state index in [1.165, 1.54) is 0 Å². The van der Waals surface area contributed by atoms with Gasteiger partial charge in [0.2, 0.25) is 11.8 Å². The van der Waals surface area contributed by atoms with Gasteiger partial charge in [0.1, 0.15) is 0 Å². The van der Waals surface area contributed by atoms with Gasteiger partial charge in [0.25, 0.3) is 0 Å². The molecule has 6 nitrogen and oxygen atoms in total. The number of hydrogen-bond donors (Lipinski definition) is 4. The molecule has 0 bridgehead atoms. The second kappa shape index (κ2) is 11.4. The van der Waals surface area contributed by atoms with Gasteiger partial charge in [-0.1, -0.05) is 36.4 Å². The van der Waals surface area contributed by atoms with Crippen LogP contribution in [-0.4, -0.2) is 47.8 Å². The maximum Gasteiger partial charge on any atom is 0.224 e. The molecule has 1 rings (SSSR count). The highest BCUT2D eigenvalue weighted by Crippen LogP contribution is 2.10. The highest BCUT2D eigenvalue weighted by atomic mass is 16.3. The van der Waals surface area contributed by atoms with Crippen molar-refractivity contribution in [2.24, 2.45) is 5.92 Å². The lowest BCUT2D eigenvalue weighted by Gasteiger charge is -2.19. The van der Waals surface area contributed by atoms with Gasteiger partial charge in [-0.3, -0.25) is 9.59 Å². The Labute approximate surface area is 142 Å². The van der Waals surface area contributed by atoms with Gasteiger partial charge in [0.15, 0.2) is 0 Å². The van der Waals surface area contributed by atoms with E-state index in [2.05, 4.69) is 17.2 Å². The van der Waals surface area contributed by atoms with Gasteiger partial charge in [0, 0.05) is 13.0 Å². The molecule has 1 aromatic rings. The third-order valence-corrected chi connectivity index (χ3v) is 3.58. The van der Waals surface area contributed by atoms with E-state index in [1.54, 1.807) is 6.08 Å². The molecule has 2 atom stereocenters. The van der Waals surface area contributed by atoms with Crippen LogP contribution >= 0.6 is 0 Å². The van der Waals surface area contributed by atoms with Crippen LogP contribution in [-0.2, 0) is 16.0 Å². The van der Waals surface area contributed by atoms with Gasteiger partial charge in [-0.15, -0.1) is 6.58 Å². The predicted molar refractivity (Wildman–Crippen MR) is 92.2 cm³/mol. The van der Waals surface area contributed by atoms with Crippen LogP contribution < -0.4 is 10.6 Å². The van der Waals surface area contributed by atoms with Crippen LogP contribution in [0.25, 0.3) is 0 Å². The number of allylic oxidation sites excluding steroid dienone is 1. The van der Waals surface area contributed by atoms with Crippen LogP contribution in [0.4, 0.5) is 0 Å². The summed E-state index contributed by atoms with van der Waals surface area (Å²) in [4.78, 5) is 24.2. The van der Waals surface area contributed by atoms with Crippen molar-refractivity contribution in [3.05, 3.63) is 48.6 Å². The van der Waals surface area contributed by atoms with Gasteiger partial charge in [0.05, 0.1) is 25.2 Å². The summed E-state index contributed by atoms with van der Waals surface area (Å²) in [6.07, 6.45) is 2.48. The van der Waals surface area contributed by atoms with Crippen LogP contribution in [0.5, 0.6) is 0 Å². The molecule has 0 aromatic heterocycles. The Morgan fingerprint density at radius 1 is 1.21 bits per heavy atom.